The number of aryl methyl sites for hydroxylation is 2. The van der Waals surface area contributed by atoms with E-state index in [-0.39, 0.29) is 0 Å². The Labute approximate surface area is 114 Å². The Bertz CT molecular complexity index is 534. The Morgan fingerprint density at radius 2 is 2.16 bits per heavy atom. The predicted octanol–water partition coefficient (Wildman–Crippen LogP) is 2.23. The van der Waals surface area contributed by atoms with E-state index in [1.54, 1.807) is 7.11 Å². The van der Waals surface area contributed by atoms with Crippen molar-refractivity contribution >= 4 is 0 Å². The molecule has 1 aromatic carbocycles. The lowest BCUT2D eigenvalue weighted by Crippen LogP contribution is -2.19. The zero-order valence-electron chi connectivity index (χ0n) is 11.8. The van der Waals surface area contributed by atoms with Crippen LogP contribution >= 0.6 is 0 Å². The molecular weight excluding hydrogens is 238 g/mol. The van der Waals surface area contributed by atoms with Crippen LogP contribution in [-0.2, 0) is 11.3 Å². The van der Waals surface area contributed by atoms with Gasteiger partial charge in [-0.1, -0.05) is 6.07 Å². The van der Waals surface area contributed by atoms with Crippen molar-refractivity contribution in [3.8, 4) is 5.69 Å². The van der Waals surface area contributed by atoms with E-state index >= 15 is 0 Å². The lowest BCUT2D eigenvalue weighted by atomic mass is 10.1. The van der Waals surface area contributed by atoms with E-state index in [1.807, 2.05) is 19.3 Å². The Balaban J connectivity index is 2.07. The summed E-state index contributed by atoms with van der Waals surface area (Å²) in [7, 11) is 1.72. The summed E-state index contributed by atoms with van der Waals surface area (Å²) in [6.45, 7) is 6.64. The SMILES string of the molecule is COCCNCc1ccc(-n2ccnc2C)cc1C. The second-order valence-electron chi connectivity index (χ2n) is 4.62. The highest BCUT2D eigenvalue weighted by Gasteiger charge is 2.03. The molecule has 0 saturated heterocycles. The summed E-state index contributed by atoms with van der Waals surface area (Å²) in [4.78, 5) is 4.25. The monoisotopic (exact) mass is 259 g/mol. The van der Waals surface area contributed by atoms with Gasteiger partial charge in [0.05, 0.1) is 6.61 Å². The van der Waals surface area contributed by atoms with Crippen molar-refractivity contribution in [3.05, 3.63) is 47.5 Å². The highest BCUT2D eigenvalue weighted by molar-refractivity contribution is 5.40. The van der Waals surface area contributed by atoms with Crippen LogP contribution in [0.25, 0.3) is 5.69 Å². The minimum atomic E-state index is 0.741. The zero-order chi connectivity index (χ0) is 13.7. The summed E-state index contributed by atoms with van der Waals surface area (Å²) in [6.07, 6.45) is 3.81. The smallest absolute Gasteiger partial charge is 0.110 e. The molecule has 0 fully saturated rings. The van der Waals surface area contributed by atoms with Crippen LogP contribution in [-0.4, -0.2) is 29.8 Å². The average molecular weight is 259 g/mol. The number of hydrogen-bond donors (Lipinski definition) is 1. The van der Waals surface area contributed by atoms with E-state index in [2.05, 4.69) is 40.0 Å². The summed E-state index contributed by atoms with van der Waals surface area (Å²) in [6, 6.07) is 6.50. The topological polar surface area (TPSA) is 39.1 Å². The first-order valence-corrected chi connectivity index (χ1v) is 6.52. The number of hydrogen-bond acceptors (Lipinski definition) is 3. The summed E-state index contributed by atoms with van der Waals surface area (Å²) in [5, 5.41) is 3.36. The summed E-state index contributed by atoms with van der Waals surface area (Å²) in [5.74, 6) is 1.00. The largest absolute Gasteiger partial charge is 0.383 e. The number of methoxy groups -OCH3 is 1. The summed E-state index contributed by atoms with van der Waals surface area (Å²) >= 11 is 0. The third-order valence-electron chi connectivity index (χ3n) is 3.23. The molecule has 0 bridgehead atoms. The lowest BCUT2D eigenvalue weighted by molar-refractivity contribution is 0.199. The number of aromatic nitrogens is 2. The van der Waals surface area contributed by atoms with Crippen molar-refractivity contribution in [1.82, 2.24) is 14.9 Å². The van der Waals surface area contributed by atoms with Crippen molar-refractivity contribution in [3.63, 3.8) is 0 Å². The molecule has 0 aliphatic carbocycles. The molecule has 4 heteroatoms. The second-order valence-corrected chi connectivity index (χ2v) is 4.62. The molecule has 2 rings (SSSR count). The number of ether oxygens (including phenoxy) is 1. The van der Waals surface area contributed by atoms with Gasteiger partial charge in [-0.15, -0.1) is 0 Å². The molecule has 0 unspecified atom stereocenters. The van der Waals surface area contributed by atoms with Gasteiger partial charge in [0.2, 0.25) is 0 Å². The van der Waals surface area contributed by atoms with E-state index < -0.39 is 0 Å². The molecule has 102 valence electrons. The number of rotatable bonds is 6. The Morgan fingerprint density at radius 3 is 2.79 bits per heavy atom. The minimum Gasteiger partial charge on any atom is -0.383 e. The highest BCUT2D eigenvalue weighted by atomic mass is 16.5. The third kappa shape index (κ3) is 3.43. The molecule has 4 nitrogen and oxygen atoms in total. The van der Waals surface area contributed by atoms with Crippen LogP contribution in [0.5, 0.6) is 0 Å². The maximum atomic E-state index is 5.02. The van der Waals surface area contributed by atoms with Crippen molar-refractivity contribution in [2.45, 2.75) is 20.4 Å². The lowest BCUT2D eigenvalue weighted by Gasteiger charge is -2.11. The Morgan fingerprint density at radius 1 is 1.32 bits per heavy atom. The van der Waals surface area contributed by atoms with Crippen molar-refractivity contribution in [2.24, 2.45) is 0 Å². The third-order valence-corrected chi connectivity index (χ3v) is 3.23. The first-order chi connectivity index (χ1) is 9.22. The van der Waals surface area contributed by atoms with Crippen LogP contribution in [0.4, 0.5) is 0 Å². The van der Waals surface area contributed by atoms with Gasteiger partial charge in [0.15, 0.2) is 0 Å². The molecule has 0 amide bonds. The number of imidazole rings is 1. The molecule has 0 saturated carbocycles. The van der Waals surface area contributed by atoms with E-state index in [0.717, 1.165) is 31.2 Å². The molecular formula is C15H21N3O. The van der Waals surface area contributed by atoms with Crippen LogP contribution < -0.4 is 5.32 Å². The van der Waals surface area contributed by atoms with Crippen LogP contribution in [0, 0.1) is 13.8 Å². The van der Waals surface area contributed by atoms with Gasteiger partial charge >= 0.3 is 0 Å². The minimum absolute atomic E-state index is 0.741. The summed E-state index contributed by atoms with van der Waals surface area (Å²) in [5.41, 5.74) is 3.77. The van der Waals surface area contributed by atoms with Gasteiger partial charge < -0.3 is 14.6 Å². The van der Waals surface area contributed by atoms with E-state index in [4.69, 9.17) is 4.74 Å². The fourth-order valence-electron chi connectivity index (χ4n) is 2.08. The number of nitrogens with one attached hydrogen (secondary N) is 1. The van der Waals surface area contributed by atoms with Gasteiger partial charge in [0, 0.05) is 38.3 Å². The maximum Gasteiger partial charge on any atom is 0.110 e. The Hall–Kier alpha value is -1.65. The maximum absolute atomic E-state index is 5.02. The molecule has 19 heavy (non-hydrogen) atoms. The predicted molar refractivity (Wildman–Crippen MR) is 76.6 cm³/mol. The molecule has 1 aromatic heterocycles. The van der Waals surface area contributed by atoms with Gasteiger partial charge in [-0.2, -0.15) is 0 Å². The molecule has 0 radical (unpaired) electrons. The van der Waals surface area contributed by atoms with Crippen LogP contribution in [0.15, 0.2) is 30.6 Å². The number of nitrogens with zero attached hydrogens (tertiary/aromatic N) is 2. The molecule has 0 aliphatic rings. The average Bonchev–Trinajstić information content (AvgIpc) is 2.82. The highest BCUT2D eigenvalue weighted by Crippen LogP contribution is 2.16. The second kappa shape index (κ2) is 6.50. The molecule has 1 heterocycles. The normalized spacial score (nSPS) is 10.9. The van der Waals surface area contributed by atoms with Crippen LogP contribution in [0.3, 0.4) is 0 Å². The molecule has 0 spiro atoms. The van der Waals surface area contributed by atoms with Crippen molar-refractivity contribution < 1.29 is 4.74 Å². The summed E-state index contributed by atoms with van der Waals surface area (Å²) < 4.78 is 7.11. The van der Waals surface area contributed by atoms with Crippen LogP contribution in [0.1, 0.15) is 17.0 Å². The van der Waals surface area contributed by atoms with Gasteiger partial charge in [-0.05, 0) is 37.1 Å². The fraction of sp³-hybridized carbons (Fsp3) is 0.400. The van der Waals surface area contributed by atoms with Crippen molar-refractivity contribution in [1.29, 1.82) is 0 Å². The fourth-order valence-corrected chi connectivity index (χ4v) is 2.08. The zero-order valence-corrected chi connectivity index (χ0v) is 11.8. The Kier molecular flexibility index (Phi) is 4.71. The van der Waals surface area contributed by atoms with Gasteiger partial charge in [0.1, 0.15) is 5.82 Å². The van der Waals surface area contributed by atoms with Crippen molar-refractivity contribution in [2.75, 3.05) is 20.3 Å². The van der Waals surface area contributed by atoms with Gasteiger partial charge in [-0.25, -0.2) is 4.98 Å². The molecule has 2 aromatic rings. The molecule has 0 aliphatic heterocycles. The molecule has 0 atom stereocenters. The van der Waals surface area contributed by atoms with Gasteiger partial charge in [-0.3, -0.25) is 0 Å². The van der Waals surface area contributed by atoms with E-state index in [9.17, 15) is 0 Å². The first-order valence-electron chi connectivity index (χ1n) is 6.52. The standard InChI is InChI=1S/C15H21N3O/c1-12-10-15(18-8-6-17-13(18)2)5-4-14(12)11-16-7-9-19-3/h4-6,8,10,16H,7,9,11H2,1-3H3. The first kappa shape index (κ1) is 13.8. The van der Waals surface area contributed by atoms with E-state index in [0.29, 0.717) is 0 Å². The quantitative estimate of drug-likeness (QED) is 0.809. The number of benzene rings is 1. The van der Waals surface area contributed by atoms with Crippen LogP contribution in [0.2, 0.25) is 0 Å². The molecule has 1 N–H and O–H groups in total. The van der Waals surface area contributed by atoms with Gasteiger partial charge in [0.25, 0.3) is 0 Å². The van der Waals surface area contributed by atoms with E-state index in [1.165, 1.54) is 11.1 Å².